The fourth-order valence-corrected chi connectivity index (χ4v) is 1.98. The van der Waals surface area contributed by atoms with Crippen LogP contribution in [0.3, 0.4) is 0 Å². The molecule has 1 aromatic carbocycles. The van der Waals surface area contributed by atoms with Crippen molar-refractivity contribution in [3.05, 3.63) is 29.8 Å². The molecule has 0 fully saturated rings. The number of oxime groups is 1. The highest BCUT2D eigenvalue weighted by molar-refractivity contribution is 6.31. The Hall–Kier alpha value is -2.37. The van der Waals surface area contributed by atoms with E-state index in [1.165, 1.54) is 0 Å². The lowest BCUT2D eigenvalue weighted by atomic mass is 9.94. The highest BCUT2D eigenvalue weighted by atomic mass is 16.5. The normalized spacial score (nSPS) is 12.1. The van der Waals surface area contributed by atoms with Gasteiger partial charge in [0.05, 0.1) is 12.5 Å². The van der Waals surface area contributed by atoms with Crippen LogP contribution >= 0.6 is 0 Å². The molecule has 0 bridgehead atoms. The van der Waals surface area contributed by atoms with Crippen molar-refractivity contribution in [2.75, 3.05) is 11.9 Å². The quantitative estimate of drug-likeness (QED) is 0.350. The molecule has 0 radical (unpaired) electrons. The predicted molar refractivity (Wildman–Crippen MR) is 79.6 cm³/mol. The molecule has 0 aliphatic carbocycles. The first-order valence-corrected chi connectivity index (χ1v) is 6.87. The van der Waals surface area contributed by atoms with E-state index in [0.717, 1.165) is 18.2 Å². The molecule has 1 rings (SSSR count). The van der Waals surface area contributed by atoms with E-state index in [0.29, 0.717) is 18.7 Å². The maximum absolute atomic E-state index is 11.9. The number of amides is 1. The summed E-state index contributed by atoms with van der Waals surface area (Å²) >= 11 is 0. The van der Waals surface area contributed by atoms with Crippen LogP contribution in [-0.4, -0.2) is 29.9 Å². The largest absolute Gasteiger partial charge is 0.466 e. The molecule has 0 heterocycles. The van der Waals surface area contributed by atoms with Crippen molar-refractivity contribution in [3.63, 3.8) is 0 Å². The van der Waals surface area contributed by atoms with Crippen LogP contribution in [0.5, 0.6) is 0 Å². The molecular formula is C15H20N2O4. The van der Waals surface area contributed by atoms with Gasteiger partial charge in [0.25, 0.3) is 5.91 Å². The van der Waals surface area contributed by atoms with E-state index >= 15 is 0 Å². The van der Waals surface area contributed by atoms with Crippen molar-refractivity contribution in [1.29, 1.82) is 0 Å². The average molecular weight is 292 g/mol. The Balaban J connectivity index is 2.82. The van der Waals surface area contributed by atoms with Crippen LogP contribution in [-0.2, 0) is 14.3 Å². The fourth-order valence-electron chi connectivity index (χ4n) is 1.98. The Morgan fingerprint density at radius 3 is 2.52 bits per heavy atom. The van der Waals surface area contributed by atoms with Crippen LogP contribution < -0.4 is 5.32 Å². The molecule has 0 saturated carbocycles. The van der Waals surface area contributed by atoms with Crippen molar-refractivity contribution >= 4 is 23.8 Å². The molecule has 1 unspecified atom stereocenters. The van der Waals surface area contributed by atoms with Gasteiger partial charge in [-0.1, -0.05) is 30.6 Å². The third-order valence-corrected chi connectivity index (χ3v) is 2.90. The van der Waals surface area contributed by atoms with Crippen LogP contribution in [0.4, 0.5) is 5.69 Å². The van der Waals surface area contributed by atoms with Crippen LogP contribution in [0.2, 0.25) is 0 Å². The zero-order valence-electron chi connectivity index (χ0n) is 12.2. The Morgan fingerprint density at radius 2 is 2.00 bits per heavy atom. The SMILES string of the molecule is CCCC(C(=O)OCC)c1ccc(NC(=O)C=NO)cc1. The molecule has 0 saturated heterocycles. The number of anilines is 1. The molecule has 0 aliphatic rings. The summed E-state index contributed by atoms with van der Waals surface area (Å²) in [6.07, 6.45) is 2.35. The fraction of sp³-hybridized carbons (Fsp3) is 0.400. The second kappa shape index (κ2) is 8.73. The minimum atomic E-state index is -0.527. The van der Waals surface area contributed by atoms with Crippen molar-refractivity contribution in [2.24, 2.45) is 5.16 Å². The summed E-state index contributed by atoms with van der Waals surface area (Å²) in [5.74, 6) is -1.05. The number of benzene rings is 1. The number of nitrogens with zero attached hydrogens (tertiary/aromatic N) is 1. The van der Waals surface area contributed by atoms with Gasteiger partial charge in [-0.25, -0.2) is 0 Å². The van der Waals surface area contributed by atoms with Gasteiger partial charge >= 0.3 is 5.97 Å². The predicted octanol–water partition coefficient (Wildman–Crippen LogP) is 2.53. The van der Waals surface area contributed by atoms with Crippen molar-refractivity contribution in [1.82, 2.24) is 0 Å². The summed E-state index contributed by atoms with van der Waals surface area (Å²) in [5.41, 5.74) is 1.41. The van der Waals surface area contributed by atoms with E-state index in [-0.39, 0.29) is 11.9 Å². The smallest absolute Gasteiger partial charge is 0.313 e. The van der Waals surface area contributed by atoms with Gasteiger partial charge in [-0.15, -0.1) is 0 Å². The maximum atomic E-state index is 11.9. The van der Waals surface area contributed by atoms with Gasteiger partial charge < -0.3 is 15.3 Å². The highest BCUT2D eigenvalue weighted by Gasteiger charge is 2.20. The first-order chi connectivity index (χ1) is 10.1. The summed E-state index contributed by atoms with van der Waals surface area (Å²) in [6, 6.07) is 6.95. The topological polar surface area (TPSA) is 88.0 Å². The van der Waals surface area contributed by atoms with E-state index in [1.54, 1.807) is 31.2 Å². The lowest BCUT2D eigenvalue weighted by molar-refractivity contribution is -0.145. The van der Waals surface area contributed by atoms with Gasteiger partial charge in [-0.2, -0.15) is 0 Å². The minimum Gasteiger partial charge on any atom is -0.466 e. The average Bonchev–Trinajstić information content (AvgIpc) is 2.46. The number of nitrogens with one attached hydrogen (secondary N) is 1. The molecule has 0 aliphatic heterocycles. The standard InChI is InChI=1S/C15H20N2O4/c1-3-5-13(15(19)21-4-2)11-6-8-12(9-7-11)17-14(18)10-16-20/h6-10,13,20H,3-5H2,1-2H3,(H,17,18). The number of esters is 1. The van der Waals surface area contributed by atoms with Crippen LogP contribution in [0.1, 0.15) is 38.2 Å². The zero-order chi connectivity index (χ0) is 15.7. The number of hydrogen-bond acceptors (Lipinski definition) is 5. The van der Waals surface area contributed by atoms with E-state index in [9.17, 15) is 9.59 Å². The molecule has 21 heavy (non-hydrogen) atoms. The van der Waals surface area contributed by atoms with Gasteiger partial charge in [0.1, 0.15) is 6.21 Å². The molecule has 0 spiro atoms. The molecule has 2 N–H and O–H groups in total. The number of carbonyl (C=O) groups excluding carboxylic acids is 2. The number of rotatable bonds is 7. The Labute approximate surface area is 123 Å². The first-order valence-electron chi connectivity index (χ1n) is 6.87. The second-order valence-corrected chi connectivity index (χ2v) is 4.45. The lowest BCUT2D eigenvalue weighted by Crippen LogP contribution is -2.16. The third kappa shape index (κ3) is 5.25. The third-order valence-electron chi connectivity index (χ3n) is 2.90. The molecule has 0 aromatic heterocycles. The molecule has 1 atom stereocenters. The molecular weight excluding hydrogens is 272 g/mol. The summed E-state index contributed by atoms with van der Waals surface area (Å²) in [5, 5.41) is 13.4. The van der Waals surface area contributed by atoms with Crippen molar-refractivity contribution < 1.29 is 19.5 Å². The van der Waals surface area contributed by atoms with Gasteiger partial charge in [-0.3, -0.25) is 9.59 Å². The Morgan fingerprint density at radius 1 is 1.33 bits per heavy atom. The minimum absolute atomic E-state index is 0.233. The summed E-state index contributed by atoms with van der Waals surface area (Å²) in [6.45, 7) is 4.14. The van der Waals surface area contributed by atoms with Gasteiger partial charge in [0, 0.05) is 5.69 Å². The summed E-state index contributed by atoms with van der Waals surface area (Å²) in [7, 11) is 0. The summed E-state index contributed by atoms with van der Waals surface area (Å²) in [4.78, 5) is 23.2. The van der Waals surface area contributed by atoms with E-state index in [2.05, 4.69) is 10.5 Å². The van der Waals surface area contributed by atoms with E-state index in [4.69, 9.17) is 9.94 Å². The lowest BCUT2D eigenvalue weighted by Gasteiger charge is -2.15. The van der Waals surface area contributed by atoms with Crippen molar-refractivity contribution in [3.8, 4) is 0 Å². The molecule has 1 aromatic rings. The van der Waals surface area contributed by atoms with E-state index < -0.39 is 5.91 Å². The van der Waals surface area contributed by atoms with Crippen LogP contribution in [0.15, 0.2) is 29.4 Å². The zero-order valence-corrected chi connectivity index (χ0v) is 12.2. The Kier molecular flexibility index (Phi) is 6.94. The molecule has 6 nitrogen and oxygen atoms in total. The van der Waals surface area contributed by atoms with Crippen LogP contribution in [0, 0.1) is 0 Å². The van der Waals surface area contributed by atoms with Crippen molar-refractivity contribution in [2.45, 2.75) is 32.6 Å². The second-order valence-electron chi connectivity index (χ2n) is 4.45. The van der Waals surface area contributed by atoms with Gasteiger partial charge in [0.2, 0.25) is 0 Å². The molecule has 1 amide bonds. The molecule has 6 heteroatoms. The van der Waals surface area contributed by atoms with Gasteiger partial charge in [-0.05, 0) is 31.0 Å². The first kappa shape index (κ1) is 16.7. The van der Waals surface area contributed by atoms with E-state index in [1.807, 2.05) is 6.92 Å². The monoisotopic (exact) mass is 292 g/mol. The number of carbonyl (C=O) groups is 2. The summed E-state index contributed by atoms with van der Waals surface area (Å²) < 4.78 is 5.08. The highest BCUT2D eigenvalue weighted by Crippen LogP contribution is 2.24. The number of hydrogen-bond donors (Lipinski definition) is 2. The van der Waals surface area contributed by atoms with Crippen LogP contribution in [0.25, 0.3) is 0 Å². The number of ether oxygens (including phenoxy) is 1. The van der Waals surface area contributed by atoms with Gasteiger partial charge in [0.15, 0.2) is 0 Å². The maximum Gasteiger partial charge on any atom is 0.313 e. The Bertz CT molecular complexity index is 497. The molecule has 114 valence electrons.